The van der Waals surface area contributed by atoms with Crippen molar-refractivity contribution in [2.75, 3.05) is 7.11 Å². The molecule has 0 aliphatic carbocycles. The molecule has 98 valence electrons. The second kappa shape index (κ2) is 5.57. The van der Waals surface area contributed by atoms with Gasteiger partial charge in [0.1, 0.15) is 5.75 Å². The number of ether oxygens (including phenoxy) is 1. The number of hydrogen-bond acceptors (Lipinski definition) is 2. The lowest BCUT2D eigenvalue weighted by Gasteiger charge is -2.17. The van der Waals surface area contributed by atoms with Gasteiger partial charge in [0.05, 0.1) is 18.1 Å². The van der Waals surface area contributed by atoms with E-state index in [0.29, 0.717) is 6.04 Å². The number of nitrogens with one attached hydrogen (secondary N) is 1. The van der Waals surface area contributed by atoms with Crippen LogP contribution in [0.3, 0.4) is 0 Å². The summed E-state index contributed by atoms with van der Waals surface area (Å²) in [4.78, 5) is 3.27. The first-order valence-corrected chi connectivity index (χ1v) is 6.90. The fourth-order valence-electron chi connectivity index (χ4n) is 2.45. The van der Waals surface area contributed by atoms with Crippen LogP contribution < -0.4 is 4.74 Å². The molecule has 0 fully saturated rings. The molecule has 1 unspecified atom stereocenters. The number of nitrogens with zero attached hydrogens (tertiary/aromatic N) is 1. The number of benzene rings is 1. The molecule has 1 heterocycles. The summed E-state index contributed by atoms with van der Waals surface area (Å²) in [5.74, 6) is 0.856. The van der Waals surface area contributed by atoms with Crippen molar-refractivity contribution in [2.24, 2.45) is 0 Å². The van der Waals surface area contributed by atoms with Crippen LogP contribution in [0.4, 0.5) is 0 Å². The van der Waals surface area contributed by atoms with Crippen molar-refractivity contribution >= 4 is 23.3 Å². The van der Waals surface area contributed by atoms with Crippen molar-refractivity contribution in [3.63, 3.8) is 0 Å². The second-order valence-electron chi connectivity index (χ2n) is 4.53. The maximum atomic E-state index is 5.46. The van der Waals surface area contributed by atoms with Gasteiger partial charge < -0.3 is 14.3 Å². The standard InChI is InChI=1S/C14H20N2OS/c1-4-6-10(5-2)16-13-8-7-11(17-3)9-12(13)15-14(16)18/h7-10H,4-6H2,1-3H3,(H,15,18). The summed E-state index contributed by atoms with van der Waals surface area (Å²) in [5, 5.41) is 0. The highest BCUT2D eigenvalue weighted by Crippen LogP contribution is 2.27. The Balaban J connectivity index is 2.56. The Labute approximate surface area is 113 Å². The fourth-order valence-corrected chi connectivity index (χ4v) is 2.81. The number of aromatic amines is 1. The van der Waals surface area contributed by atoms with Crippen LogP contribution in [0, 0.1) is 4.77 Å². The van der Waals surface area contributed by atoms with Gasteiger partial charge in [-0.1, -0.05) is 20.3 Å². The van der Waals surface area contributed by atoms with E-state index in [1.54, 1.807) is 7.11 Å². The topological polar surface area (TPSA) is 29.9 Å². The molecule has 0 spiro atoms. The van der Waals surface area contributed by atoms with Gasteiger partial charge in [-0.2, -0.15) is 0 Å². The molecule has 0 aliphatic rings. The molecular weight excluding hydrogens is 244 g/mol. The highest BCUT2D eigenvalue weighted by Gasteiger charge is 2.13. The smallest absolute Gasteiger partial charge is 0.178 e. The molecule has 1 N–H and O–H groups in total. The third-order valence-corrected chi connectivity index (χ3v) is 3.68. The highest BCUT2D eigenvalue weighted by atomic mass is 32.1. The van der Waals surface area contributed by atoms with Crippen LogP contribution in [-0.2, 0) is 0 Å². The van der Waals surface area contributed by atoms with Gasteiger partial charge in [0.15, 0.2) is 4.77 Å². The molecule has 1 aromatic heterocycles. The van der Waals surface area contributed by atoms with Gasteiger partial charge in [-0.05, 0) is 37.2 Å². The number of aromatic nitrogens is 2. The Hall–Kier alpha value is -1.29. The minimum Gasteiger partial charge on any atom is -0.497 e. The number of H-pyrrole nitrogens is 1. The molecule has 4 heteroatoms. The first-order chi connectivity index (χ1) is 8.71. The average molecular weight is 264 g/mol. The largest absolute Gasteiger partial charge is 0.497 e. The summed E-state index contributed by atoms with van der Waals surface area (Å²) in [7, 11) is 1.68. The zero-order valence-corrected chi connectivity index (χ0v) is 12.0. The lowest BCUT2D eigenvalue weighted by atomic mass is 10.1. The maximum Gasteiger partial charge on any atom is 0.178 e. The Morgan fingerprint density at radius 2 is 2.17 bits per heavy atom. The molecule has 0 radical (unpaired) electrons. The first-order valence-electron chi connectivity index (χ1n) is 6.49. The van der Waals surface area contributed by atoms with Crippen LogP contribution in [0.5, 0.6) is 5.75 Å². The minimum absolute atomic E-state index is 0.477. The minimum atomic E-state index is 0.477. The number of methoxy groups -OCH3 is 1. The number of imidazole rings is 1. The molecule has 0 amide bonds. The van der Waals surface area contributed by atoms with Crippen molar-refractivity contribution in [3.8, 4) is 5.75 Å². The van der Waals surface area contributed by atoms with E-state index >= 15 is 0 Å². The molecule has 2 aromatic rings. The predicted octanol–water partition coefficient (Wildman–Crippen LogP) is 4.46. The monoisotopic (exact) mass is 264 g/mol. The number of hydrogen-bond donors (Lipinski definition) is 1. The van der Waals surface area contributed by atoms with Gasteiger partial charge in [0, 0.05) is 12.1 Å². The zero-order chi connectivity index (χ0) is 13.1. The van der Waals surface area contributed by atoms with E-state index in [9.17, 15) is 0 Å². The molecule has 0 aliphatic heterocycles. The van der Waals surface area contributed by atoms with Crippen LogP contribution >= 0.6 is 12.2 Å². The second-order valence-corrected chi connectivity index (χ2v) is 4.92. The Morgan fingerprint density at radius 1 is 1.39 bits per heavy atom. The summed E-state index contributed by atoms with van der Waals surface area (Å²) in [5.41, 5.74) is 2.22. The van der Waals surface area contributed by atoms with Crippen molar-refractivity contribution in [1.82, 2.24) is 9.55 Å². The normalized spacial score (nSPS) is 12.8. The molecule has 3 nitrogen and oxygen atoms in total. The van der Waals surface area contributed by atoms with Gasteiger partial charge in [-0.25, -0.2) is 0 Å². The summed E-state index contributed by atoms with van der Waals surface area (Å²) >= 11 is 5.46. The summed E-state index contributed by atoms with van der Waals surface area (Å²) in [6, 6.07) is 6.55. The Morgan fingerprint density at radius 3 is 2.78 bits per heavy atom. The molecular formula is C14H20N2OS. The lowest BCUT2D eigenvalue weighted by Crippen LogP contribution is -2.07. The van der Waals surface area contributed by atoms with Crippen LogP contribution in [-0.4, -0.2) is 16.7 Å². The SMILES string of the molecule is CCCC(CC)n1c(=S)[nH]c2cc(OC)ccc21. The Bertz CT molecular complexity index is 585. The molecule has 18 heavy (non-hydrogen) atoms. The predicted molar refractivity (Wildman–Crippen MR) is 77.9 cm³/mol. The van der Waals surface area contributed by atoms with Gasteiger partial charge >= 0.3 is 0 Å². The van der Waals surface area contributed by atoms with Crippen molar-refractivity contribution in [2.45, 2.75) is 39.2 Å². The quantitative estimate of drug-likeness (QED) is 0.808. The van der Waals surface area contributed by atoms with Crippen LogP contribution in [0.25, 0.3) is 11.0 Å². The number of rotatable bonds is 5. The maximum absolute atomic E-state index is 5.46. The van der Waals surface area contributed by atoms with Gasteiger partial charge in [-0.15, -0.1) is 0 Å². The van der Waals surface area contributed by atoms with Crippen molar-refractivity contribution in [3.05, 3.63) is 23.0 Å². The highest BCUT2D eigenvalue weighted by molar-refractivity contribution is 7.71. The molecule has 1 aromatic carbocycles. The van der Waals surface area contributed by atoms with E-state index < -0.39 is 0 Å². The summed E-state index contributed by atoms with van der Waals surface area (Å²) in [6.07, 6.45) is 3.42. The first kappa shape index (κ1) is 13.1. The fraction of sp³-hybridized carbons (Fsp3) is 0.500. The molecule has 0 saturated carbocycles. The lowest BCUT2D eigenvalue weighted by molar-refractivity contribution is 0.415. The van der Waals surface area contributed by atoms with Gasteiger partial charge in [0.2, 0.25) is 0 Å². The summed E-state index contributed by atoms with van der Waals surface area (Å²) in [6.45, 7) is 4.43. The third kappa shape index (κ3) is 2.29. The van der Waals surface area contributed by atoms with Gasteiger partial charge in [-0.3, -0.25) is 0 Å². The Kier molecular flexibility index (Phi) is 4.07. The molecule has 0 saturated heterocycles. The van der Waals surface area contributed by atoms with E-state index in [1.165, 1.54) is 11.9 Å². The molecule has 1 atom stereocenters. The van der Waals surface area contributed by atoms with Crippen LogP contribution in [0.15, 0.2) is 18.2 Å². The van der Waals surface area contributed by atoms with E-state index in [-0.39, 0.29) is 0 Å². The van der Waals surface area contributed by atoms with Crippen molar-refractivity contribution in [1.29, 1.82) is 0 Å². The third-order valence-electron chi connectivity index (χ3n) is 3.38. The molecule has 2 rings (SSSR count). The van der Waals surface area contributed by atoms with E-state index in [0.717, 1.165) is 28.9 Å². The zero-order valence-electron chi connectivity index (χ0n) is 11.2. The van der Waals surface area contributed by atoms with E-state index in [1.807, 2.05) is 12.1 Å². The van der Waals surface area contributed by atoms with Gasteiger partial charge in [0.25, 0.3) is 0 Å². The van der Waals surface area contributed by atoms with Crippen LogP contribution in [0.2, 0.25) is 0 Å². The van der Waals surface area contributed by atoms with E-state index in [4.69, 9.17) is 17.0 Å². The number of fused-ring (bicyclic) bond motifs is 1. The van der Waals surface area contributed by atoms with Crippen LogP contribution in [0.1, 0.15) is 39.2 Å². The summed E-state index contributed by atoms with van der Waals surface area (Å²) < 4.78 is 8.29. The molecule has 0 bridgehead atoms. The van der Waals surface area contributed by atoms with Crippen molar-refractivity contribution < 1.29 is 4.74 Å². The average Bonchev–Trinajstić information content (AvgIpc) is 2.71. The van der Waals surface area contributed by atoms with E-state index in [2.05, 4.69) is 29.5 Å².